The van der Waals surface area contributed by atoms with Gasteiger partial charge in [-0.05, 0) is 45.4 Å². The molecule has 132 valence electrons. The number of nitrogens with zero attached hydrogens (tertiary/aromatic N) is 2. The molecule has 24 heavy (non-hydrogen) atoms. The maximum Gasteiger partial charge on any atom is 0.410 e. The SMILES string of the molecule is COC(=O)c1cc(N2CCN(C(=O)OC(C)(C)C)CC2)ccc1C. The van der Waals surface area contributed by atoms with Crippen molar-refractivity contribution in [3.05, 3.63) is 29.3 Å². The van der Waals surface area contributed by atoms with Crippen molar-refractivity contribution in [1.82, 2.24) is 4.90 Å². The number of anilines is 1. The first-order chi connectivity index (χ1) is 11.2. The molecular formula is C18H26N2O4. The summed E-state index contributed by atoms with van der Waals surface area (Å²) in [5, 5.41) is 0. The van der Waals surface area contributed by atoms with Crippen molar-refractivity contribution < 1.29 is 19.1 Å². The minimum atomic E-state index is -0.486. The summed E-state index contributed by atoms with van der Waals surface area (Å²) in [5.74, 6) is -0.332. The number of benzene rings is 1. The second-order valence-corrected chi connectivity index (χ2v) is 6.95. The molecule has 1 amide bonds. The molecule has 0 unspecified atom stereocenters. The third-order valence-corrected chi connectivity index (χ3v) is 3.92. The van der Waals surface area contributed by atoms with E-state index in [-0.39, 0.29) is 12.1 Å². The third-order valence-electron chi connectivity index (χ3n) is 3.92. The lowest BCUT2D eigenvalue weighted by Crippen LogP contribution is -2.50. The summed E-state index contributed by atoms with van der Waals surface area (Å²) in [6, 6.07) is 5.76. The number of aryl methyl sites for hydroxylation is 1. The van der Waals surface area contributed by atoms with Gasteiger partial charge in [0.25, 0.3) is 0 Å². The van der Waals surface area contributed by atoms with E-state index in [0.29, 0.717) is 31.7 Å². The van der Waals surface area contributed by atoms with E-state index in [1.165, 1.54) is 7.11 Å². The van der Waals surface area contributed by atoms with Gasteiger partial charge in [0.05, 0.1) is 12.7 Å². The van der Waals surface area contributed by atoms with Crippen LogP contribution in [0.15, 0.2) is 18.2 Å². The van der Waals surface area contributed by atoms with Crippen molar-refractivity contribution in [2.45, 2.75) is 33.3 Å². The molecule has 0 aromatic heterocycles. The highest BCUT2D eigenvalue weighted by atomic mass is 16.6. The van der Waals surface area contributed by atoms with Gasteiger partial charge in [0.1, 0.15) is 5.60 Å². The summed E-state index contributed by atoms with van der Waals surface area (Å²) in [6.45, 7) is 10.1. The van der Waals surface area contributed by atoms with Gasteiger partial charge in [-0.15, -0.1) is 0 Å². The highest BCUT2D eigenvalue weighted by Crippen LogP contribution is 2.22. The Morgan fingerprint density at radius 3 is 2.25 bits per heavy atom. The van der Waals surface area contributed by atoms with Crippen LogP contribution in [0.25, 0.3) is 0 Å². The third kappa shape index (κ3) is 4.40. The molecule has 1 heterocycles. The highest BCUT2D eigenvalue weighted by molar-refractivity contribution is 5.92. The van der Waals surface area contributed by atoms with Gasteiger partial charge >= 0.3 is 12.1 Å². The Kier molecular flexibility index (Phi) is 5.36. The number of rotatable bonds is 2. The fourth-order valence-corrected chi connectivity index (χ4v) is 2.61. The van der Waals surface area contributed by atoms with Crippen molar-refractivity contribution in [3.8, 4) is 0 Å². The number of hydrogen-bond donors (Lipinski definition) is 0. The molecule has 0 aliphatic carbocycles. The van der Waals surface area contributed by atoms with Gasteiger partial charge in [-0.25, -0.2) is 9.59 Å². The molecule has 6 heteroatoms. The summed E-state index contributed by atoms with van der Waals surface area (Å²) in [5.41, 5.74) is 1.94. The number of piperazine rings is 1. The number of ether oxygens (including phenoxy) is 2. The minimum Gasteiger partial charge on any atom is -0.465 e. The lowest BCUT2D eigenvalue weighted by molar-refractivity contribution is 0.0240. The van der Waals surface area contributed by atoms with E-state index < -0.39 is 5.60 Å². The van der Waals surface area contributed by atoms with Crippen molar-refractivity contribution >= 4 is 17.7 Å². The van der Waals surface area contributed by atoms with E-state index in [4.69, 9.17) is 9.47 Å². The van der Waals surface area contributed by atoms with Crippen LogP contribution in [0.1, 0.15) is 36.7 Å². The average molecular weight is 334 g/mol. The average Bonchev–Trinajstić information content (AvgIpc) is 2.53. The first kappa shape index (κ1) is 18.1. The Bertz CT molecular complexity index is 614. The molecule has 0 radical (unpaired) electrons. The molecule has 0 spiro atoms. The van der Waals surface area contributed by atoms with Crippen LogP contribution in [0.2, 0.25) is 0 Å². The topological polar surface area (TPSA) is 59.1 Å². The standard InChI is InChI=1S/C18H26N2O4/c1-13-6-7-14(12-15(13)16(21)23-5)19-8-10-20(11-9-19)17(22)24-18(2,3)4/h6-7,12H,8-11H2,1-5H3. The number of amides is 1. The molecule has 0 atom stereocenters. The highest BCUT2D eigenvalue weighted by Gasteiger charge is 2.26. The molecule has 0 saturated carbocycles. The van der Waals surface area contributed by atoms with Gasteiger partial charge in [-0.2, -0.15) is 0 Å². The largest absolute Gasteiger partial charge is 0.465 e. The number of carbonyl (C=O) groups is 2. The Morgan fingerprint density at radius 1 is 1.08 bits per heavy atom. The lowest BCUT2D eigenvalue weighted by atomic mass is 10.1. The normalized spacial score (nSPS) is 15.2. The van der Waals surface area contributed by atoms with Gasteiger partial charge < -0.3 is 19.3 Å². The number of methoxy groups -OCH3 is 1. The van der Waals surface area contributed by atoms with Gasteiger partial charge in [0, 0.05) is 31.9 Å². The second-order valence-electron chi connectivity index (χ2n) is 6.95. The van der Waals surface area contributed by atoms with Crippen LogP contribution >= 0.6 is 0 Å². The van der Waals surface area contributed by atoms with Gasteiger partial charge in [-0.3, -0.25) is 0 Å². The fourth-order valence-electron chi connectivity index (χ4n) is 2.61. The van der Waals surface area contributed by atoms with Crippen molar-refractivity contribution in [1.29, 1.82) is 0 Å². The van der Waals surface area contributed by atoms with Crippen LogP contribution in [0.5, 0.6) is 0 Å². The zero-order valence-corrected chi connectivity index (χ0v) is 15.1. The van der Waals surface area contributed by atoms with Crippen molar-refractivity contribution in [2.75, 3.05) is 38.2 Å². The summed E-state index contributed by atoms with van der Waals surface area (Å²) < 4.78 is 10.2. The summed E-state index contributed by atoms with van der Waals surface area (Å²) in [6.07, 6.45) is -0.277. The molecule has 1 saturated heterocycles. The molecule has 0 bridgehead atoms. The zero-order chi connectivity index (χ0) is 17.9. The lowest BCUT2D eigenvalue weighted by Gasteiger charge is -2.37. The van der Waals surface area contributed by atoms with Gasteiger partial charge in [0.2, 0.25) is 0 Å². The monoisotopic (exact) mass is 334 g/mol. The summed E-state index contributed by atoms with van der Waals surface area (Å²) in [7, 11) is 1.38. The van der Waals surface area contributed by atoms with Crippen LogP contribution in [0, 0.1) is 6.92 Å². The van der Waals surface area contributed by atoms with E-state index in [0.717, 1.165) is 11.3 Å². The quantitative estimate of drug-likeness (QED) is 0.779. The molecule has 2 rings (SSSR count). The van der Waals surface area contributed by atoms with E-state index >= 15 is 0 Å². The van der Waals surface area contributed by atoms with E-state index in [9.17, 15) is 9.59 Å². The molecule has 1 aromatic rings. The van der Waals surface area contributed by atoms with E-state index in [1.54, 1.807) is 4.90 Å². The van der Waals surface area contributed by atoms with Crippen molar-refractivity contribution in [3.63, 3.8) is 0 Å². The predicted octanol–water partition coefficient (Wildman–Crippen LogP) is 2.84. The van der Waals surface area contributed by atoms with Crippen LogP contribution < -0.4 is 4.90 Å². The molecule has 0 N–H and O–H groups in total. The van der Waals surface area contributed by atoms with Crippen LogP contribution in [0.4, 0.5) is 10.5 Å². The second kappa shape index (κ2) is 7.11. The zero-order valence-electron chi connectivity index (χ0n) is 15.1. The van der Waals surface area contributed by atoms with E-state index in [1.807, 2.05) is 45.9 Å². The molecule has 1 fully saturated rings. The first-order valence-electron chi connectivity index (χ1n) is 8.13. The minimum absolute atomic E-state index is 0.277. The Hall–Kier alpha value is -2.24. The smallest absolute Gasteiger partial charge is 0.410 e. The summed E-state index contributed by atoms with van der Waals surface area (Å²) in [4.78, 5) is 27.8. The number of carbonyl (C=O) groups excluding carboxylic acids is 2. The summed E-state index contributed by atoms with van der Waals surface area (Å²) >= 11 is 0. The maximum atomic E-state index is 12.1. The van der Waals surface area contributed by atoms with Crippen molar-refractivity contribution in [2.24, 2.45) is 0 Å². The predicted molar refractivity (Wildman–Crippen MR) is 92.5 cm³/mol. The first-order valence-corrected chi connectivity index (χ1v) is 8.13. The van der Waals surface area contributed by atoms with Crippen LogP contribution in [0.3, 0.4) is 0 Å². The molecular weight excluding hydrogens is 308 g/mol. The molecule has 1 aliphatic rings. The van der Waals surface area contributed by atoms with E-state index in [2.05, 4.69) is 4.90 Å². The fraction of sp³-hybridized carbons (Fsp3) is 0.556. The van der Waals surface area contributed by atoms with Gasteiger partial charge in [0.15, 0.2) is 0 Å². The van der Waals surface area contributed by atoms with Crippen LogP contribution in [-0.4, -0.2) is 55.9 Å². The number of hydrogen-bond acceptors (Lipinski definition) is 5. The Labute approximate surface area is 143 Å². The number of esters is 1. The maximum absolute atomic E-state index is 12.1. The molecule has 6 nitrogen and oxygen atoms in total. The molecule has 1 aromatic carbocycles. The Balaban J connectivity index is 2.02. The molecule has 1 aliphatic heterocycles. The van der Waals surface area contributed by atoms with Crippen LogP contribution in [-0.2, 0) is 9.47 Å². The van der Waals surface area contributed by atoms with Gasteiger partial charge in [-0.1, -0.05) is 6.07 Å². The Morgan fingerprint density at radius 2 is 1.71 bits per heavy atom.